The van der Waals surface area contributed by atoms with E-state index in [9.17, 15) is 18.0 Å². The fraction of sp³-hybridized carbons (Fsp3) is 0.400. The van der Waals surface area contributed by atoms with Gasteiger partial charge in [0.25, 0.3) is 5.91 Å². The van der Waals surface area contributed by atoms with Crippen molar-refractivity contribution in [1.29, 1.82) is 0 Å². The number of aryl methyl sites for hydroxylation is 2. The zero-order valence-electron chi connectivity index (χ0n) is 23.5. The first-order chi connectivity index (χ1) is 19.5. The second-order valence-electron chi connectivity index (χ2n) is 11.5. The minimum atomic E-state index is -4.57. The number of benzene rings is 2. The van der Waals surface area contributed by atoms with Gasteiger partial charge in [-0.3, -0.25) is 14.4 Å². The summed E-state index contributed by atoms with van der Waals surface area (Å²) in [5.41, 5.74) is 2.73. The average Bonchev–Trinajstić information content (AvgIpc) is 3.59. The smallest absolute Gasteiger partial charge is 0.317 e. The lowest BCUT2D eigenvalue weighted by Gasteiger charge is -2.35. The maximum atomic E-state index is 14.3. The Morgan fingerprint density at radius 3 is 2.46 bits per heavy atom. The minimum Gasteiger partial charge on any atom is -0.317 e. The van der Waals surface area contributed by atoms with Crippen LogP contribution in [0.4, 0.5) is 18.9 Å². The molecule has 1 amide bonds. The molecule has 4 aromatic rings. The van der Waals surface area contributed by atoms with Gasteiger partial charge in [-0.05, 0) is 53.6 Å². The second kappa shape index (κ2) is 10.1. The van der Waals surface area contributed by atoms with Crippen LogP contribution in [0.25, 0.3) is 22.6 Å². The third-order valence-corrected chi connectivity index (χ3v) is 8.08. The van der Waals surface area contributed by atoms with Crippen molar-refractivity contribution in [3.8, 4) is 22.6 Å². The highest BCUT2D eigenvalue weighted by atomic mass is 19.4. The molecule has 0 radical (unpaired) electrons. The van der Waals surface area contributed by atoms with Crippen molar-refractivity contribution in [2.45, 2.75) is 39.5 Å². The molecule has 0 saturated carbocycles. The number of halogens is 3. The number of fused-ring (bicyclic) bond motifs is 1. The number of carbonyl (C=O) groups is 1. The molecule has 0 unspecified atom stereocenters. The molecule has 6 rings (SSSR count). The number of hydrogen-bond donors (Lipinski definition) is 0. The van der Waals surface area contributed by atoms with Crippen LogP contribution in [0.2, 0.25) is 0 Å². The number of amides is 1. The van der Waals surface area contributed by atoms with Crippen molar-refractivity contribution in [1.82, 2.24) is 29.4 Å². The van der Waals surface area contributed by atoms with E-state index in [-0.39, 0.29) is 17.7 Å². The fourth-order valence-corrected chi connectivity index (χ4v) is 6.49. The van der Waals surface area contributed by atoms with E-state index >= 15 is 0 Å². The van der Waals surface area contributed by atoms with Gasteiger partial charge in [-0.25, -0.2) is 0 Å². The monoisotopic (exact) mass is 563 g/mol. The van der Waals surface area contributed by atoms with Crippen LogP contribution in [-0.2, 0) is 33.4 Å². The highest BCUT2D eigenvalue weighted by molar-refractivity contribution is 6.10. The van der Waals surface area contributed by atoms with Gasteiger partial charge in [0.15, 0.2) is 5.82 Å². The zero-order valence-corrected chi connectivity index (χ0v) is 23.5. The van der Waals surface area contributed by atoms with Crippen LogP contribution in [0.15, 0.2) is 48.9 Å². The number of rotatable bonds is 5. The van der Waals surface area contributed by atoms with Gasteiger partial charge < -0.3 is 9.47 Å². The summed E-state index contributed by atoms with van der Waals surface area (Å²) < 4.78 is 46.5. The van der Waals surface area contributed by atoms with Gasteiger partial charge in [0, 0.05) is 50.5 Å². The zero-order chi connectivity index (χ0) is 29.1. The fourth-order valence-electron chi connectivity index (χ4n) is 6.49. The van der Waals surface area contributed by atoms with Crippen LogP contribution in [-0.4, -0.2) is 48.4 Å². The molecule has 1 saturated heterocycles. The van der Waals surface area contributed by atoms with E-state index in [4.69, 9.17) is 0 Å². The Kier molecular flexibility index (Phi) is 6.72. The van der Waals surface area contributed by atoms with Gasteiger partial charge in [-0.1, -0.05) is 26.0 Å². The maximum Gasteiger partial charge on any atom is 0.416 e. The lowest BCUT2D eigenvalue weighted by Crippen LogP contribution is -2.38. The molecular formula is C30H32F3N7O. The van der Waals surface area contributed by atoms with Crippen molar-refractivity contribution in [3.63, 3.8) is 0 Å². The molecule has 2 aromatic carbocycles. The van der Waals surface area contributed by atoms with Crippen molar-refractivity contribution < 1.29 is 18.0 Å². The van der Waals surface area contributed by atoms with Gasteiger partial charge in [-0.15, -0.1) is 10.2 Å². The summed E-state index contributed by atoms with van der Waals surface area (Å²) in [5, 5.41) is 12.6. The number of anilines is 1. The summed E-state index contributed by atoms with van der Waals surface area (Å²) in [6, 6.07) is 10.1. The van der Waals surface area contributed by atoms with E-state index in [1.807, 2.05) is 19.2 Å². The van der Waals surface area contributed by atoms with Gasteiger partial charge >= 0.3 is 6.18 Å². The number of carbonyl (C=O) groups excluding carboxylic acids is 1. The van der Waals surface area contributed by atoms with Crippen molar-refractivity contribution >= 4 is 11.6 Å². The molecular weight excluding hydrogens is 531 g/mol. The molecule has 2 aliphatic rings. The Morgan fingerprint density at radius 1 is 1.02 bits per heavy atom. The van der Waals surface area contributed by atoms with E-state index in [0.717, 1.165) is 36.3 Å². The molecule has 11 heteroatoms. The first-order valence-electron chi connectivity index (χ1n) is 13.7. The number of alkyl halides is 3. The standard InChI is InChI=1S/C30H32F3N7O/c1-18-8-19(2)14-39(13-18)15-20-9-23-25(26(10-20)30(31,32)33)16-40(29(23)41)22-7-5-6-21(11-22)27-24(12-35-38(27)4)28-36-34-17-37(28)3/h5-7,9-12,17-19H,8,13-16H2,1-4H3/t18-,19+. The van der Waals surface area contributed by atoms with E-state index in [0.29, 0.717) is 35.5 Å². The minimum absolute atomic E-state index is 0.0253. The molecule has 2 aliphatic heterocycles. The van der Waals surface area contributed by atoms with Gasteiger partial charge in [-0.2, -0.15) is 18.3 Å². The van der Waals surface area contributed by atoms with E-state index in [1.165, 1.54) is 11.0 Å². The largest absolute Gasteiger partial charge is 0.416 e. The first kappa shape index (κ1) is 27.2. The Bertz CT molecular complexity index is 1610. The number of nitrogens with zero attached hydrogens (tertiary/aromatic N) is 7. The SMILES string of the molecule is C[C@@H]1C[C@H](C)CN(Cc2cc3c(c(C(F)(F)F)c2)CN(c2cccc(-c4c(-c5nncn5C)cnn4C)c2)C3=O)C1. The molecule has 0 N–H and O–H groups in total. The molecule has 0 spiro atoms. The molecule has 2 aromatic heterocycles. The van der Waals surface area contributed by atoms with Gasteiger partial charge in [0.05, 0.1) is 29.6 Å². The lowest BCUT2D eigenvalue weighted by atomic mass is 9.91. The van der Waals surface area contributed by atoms with Crippen LogP contribution in [0.1, 0.15) is 47.3 Å². The third-order valence-electron chi connectivity index (χ3n) is 8.08. The molecule has 41 heavy (non-hydrogen) atoms. The first-order valence-corrected chi connectivity index (χ1v) is 13.7. The summed E-state index contributed by atoms with van der Waals surface area (Å²) in [5.74, 6) is 1.16. The molecule has 0 aliphatic carbocycles. The average molecular weight is 564 g/mol. The molecule has 0 bridgehead atoms. The lowest BCUT2D eigenvalue weighted by molar-refractivity contribution is -0.138. The molecule has 2 atom stereocenters. The van der Waals surface area contributed by atoms with Crippen LogP contribution < -0.4 is 4.90 Å². The van der Waals surface area contributed by atoms with Crippen LogP contribution >= 0.6 is 0 Å². The van der Waals surface area contributed by atoms with Crippen LogP contribution in [0.3, 0.4) is 0 Å². The van der Waals surface area contributed by atoms with E-state index < -0.39 is 17.6 Å². The number of hydrogen-bond acceptors (Lipinski definition) is 5. The van der Waals surface area contributed by atoms with Crippen molar-refractivity contribution in [2.75, 3.05) is 18.0 Å². The summed E-state index contributed by atoms with van der Waals surface area (Å²) in [6.07, 6.45) is -0.161. The van der Waals surface area contributed by atoms with Crippen molar-refractivity contribution in [2.24, 2.45) is 25.9 Å². The predicted molar refractivity (Wildman–Crippen MR) is 149 cm³/mol. The van der Waals surface area contributed by atoms with Gasteiger partial charge in [0.1, 0.15) is 6.33 Å². The highest BCUT2D eigenvalue weighted by Gasteiger charge is 2.41. The topological polar surface area (TPSA) is 72.1 Å². The second-order valence-corrected chi connectivity index (χ2v) is 11.5. The summed E-state index contributed by atoms with van der Waals surface area (Å²) in [6.45, 7) is 6.25. The quantitative estimate of drug-likeness (QED) is 0.319. The van der Waals surface area contributed by atoms with E-state index in [2.05, 4.69) is 34.0 Å². The highest BCUT2D eigenvalue weighted by Crippen LogP contribution is 2.41. The molecule has 8 nitrogen and oxygen atoms in total. The molecule has 1 fully saturated rings. The van der Waals surface area contributed by atoms with Crippen LogP contribution in [0.5, 0.6) is 0 Å². The summed E-state index contributed by atoms with van der Waals surface area (Å²) >= 11 is 0. The number of piperidine rings is 1. The summed E-state index contributed by atoms with van der Waals surface area (Å²) in [4.78, 5) is 17.3. The van der Waals surface area contributed by atoms with Crippen LogP contribution in [0, 0.1) is 11.8 Å². The Hall–Kier alpha value is -3.99. The Balaban J connectivity index is 1.35. The maximum absolute atomic E-state index is 14.3. The predicted octanol–water partition coefficient (Wildman–Crippen LogP) is 5.54. The van der Waals surface area contributed by atoms with E-state index in [1.54, 1.807) is 47.0 Å². The number of aromatic nitrogens is 5. The molecule has 214 valence electrons. The molecule has 4 heterocycles. The normalized spacial score (nSPS) is 19.7. The van der Waals surface area contributed by atoms with Crippen molar-refractivity contribution in [3.05, 3.63) is 71.2 Å². The van der Waals surface area contributed by atoms with Gasteiger partial charge in [0.2, 0.25) is 0 Å². The summed E-state index contributed by atoms with van der Waals surface area (Å²) in [7, 11) is 3.64. The number of likely N-dealkylation sites (tertiary alicyclic amines) is 1. The Labute approximate surface area is 236 Å². The Morgan fingerprint density at radius 2 is 1.78 bits per heavy atom. The third kappa shape index (κ3) is 5.03.